The second-order valence-corrected chi connectivity index (χ2v) is 4.03. The van der Waals surface area contributed by atoms with E-state index in [1.54, 1.807) is 6.26 Å². The fourth-order valence-electron chi connectivity index (χ4n) is 2.00. The maximum atomic E-state index is 10.9. The van der Waals surface area contributed by atoms with Gasteiger partial charge < -0.3 is 14.8 Å². The van der Waals surface area contributed by atoms with Crippen molar-refractivity contribution in [1.82, 2.24) is 10.2 Å². The van der Waals surface area contributed by atoms with Crippen molar-refractivity contribution in [3.8, 4) is 0 Å². The highest BCUT2D eigenvalue weighted by Gasteiger charge is 2.28. The number of carbonyl (C=O) groups is 1. The van der Waals surface area contributed by atoms with Crippen molar-refractivity contribution < 1.29 is 14.3 Å². The summed E-state index contributed by atoms with van der Waals surface area (Å²) in [6.45, 7) is 4.08. The quantitative estimate of drug-likeness (QED) is 0.791. The monoisotopic (exact) mass is 224 g/mol. The molecule has 16 heavy (non-hydrogen) atoms. The van der Waals surface area contributed by atoms with Crippen molar-refractivity contribution in [1.29, 1.82) is 0 Å². The van der Waals surface area contributed by atoms with Crippen LogP contribution in [0.1, 0.15) is 18.7 Å². The molecule has 0 saturated carbocycles. The Hall–Kier alpha value is -1.33. The van der Waals surface area contributed by atoms with Gasteiger partial charge in [0.25, 0.3) is 0 Å². The highest BCUT2D eigenvalue weighted by Crippen LogP contribution is 2.21. The van der Waals surface area contributed by atoms with Crippen LogP contribution >= 0.6 is 0 Å². The molecule has 2 atom stereocenters. The van der Waals surface area contributed by atoms with Gasteiger partial charge in [-0.2, -0.15) is 0 Å². The lowest BCUT2D eigenvalue weighted by molar-refractivity contribution is -0.141. The summed E-state index contributed by atoms with van der Waals surface area (Å²) in [4.78, 5) is 13.0. The average molecular weight is 224 g/mol. The zero-order valence-corrected chi connectivity index (χ0v) is 9.22. The Morgan fingerprint density at radius 2 is 2.56 bits per heavy atom. The molecule has 1 aliphatic heterocycles. The Bertz CT molecular complexity index is 350. The molecule has 2 rings (SSSR count). The van der Waals surface area contributed by atoms with Crippen LogP contribution in [0.15, 0.2) is 22.8 Å². The van der Waals surface area contributed by atoms with Gasteiger partial charge in [-0.1, -0.05) is 0 Å². The van der Waals surface area contributed by atoms with E-state index < -0.39 is 12.0 Å². The van der Waals surface area contributed by atoms with Crippen molar-refractivity contribution >= 4 is 5.97 Å². The van der Waals surface area contributed by atoms with Crippen molar-refractivity contribution in [2.75, 3.05) is 19.6 Å². The minimum Gasteiger partial charge on any atom is -0.480 e. The van der Waals surface area contributed by atoms with E-state index >= 15 is 0 Å². The molecule has 88 valence electrons. The molecular weight excluding hydrogens is 208 g/mol. The van der Waals surface area contributed by atoms with E-state index in [2.05, 4.69) is 10.2 Å². The molecule has 0 radical (unpaired) electrons. The fourth-order valence-corrected chi connectivity index (χ4v) is 2.00. The van der Waals surface area contributed by atoms with E-state index in [9.17, 15) is 4.79 Å². The highest BCUT2D eigenvalue weighted by atomic mass is 16.4. The van der Waals surface area contributed by atoms with Crippen LogP contribution in [-0.2, 0) is 4.79 Å². The Morgan fingerprint density at radius 3 is 3.19 bits per heavy atom. The van der Waals surface area contributed by atoms with Crippen LogP contribution < -0.4 is 5.32 Å². The van der Waals surface area contributed by atoms with E-state index in [1.165, 1.54) is 0 Å². The number of rotatable bonds is 3. The maximum absolute atomic E-state index is 10.9. The minimum absolute atomic E-state index is 0.124. The van der Waals surface area contributed by atoms with Gasteiger partial charge >= 0.3 is 5.97 Å². The van der Waals surface area contributed by atoms with Gasteiger partial charge in [0.15, 0.2) is 0 Å². The number of carboxylic acid groups (broad SMARTS) is 1. The van der Waals surface area contributed by atoms with Gasteiger partial charge in [0, 0.05) is 19.6 Å². The third-order valence-corrected chi connectivity index (χ3v) is 3.01. The zero-order chi connectivity index (χ0) is 11.5. The summed E-state index contributed by atoms with van der Waals surface area (Å²) in [5.41, 5.74) is 0. The standard InChI is InChI=1S/C11H16N2O3/c1-8(10-3-2-6-16-10)13-5-4-12-9(7-13)11(14)15/h2-3,6,8-9,12H,4-5,7H2,1H3,(H,14,15)/t8-,9+/m1/s1. The Kier molecular flexibility index (Phi) is 3.26. The minimum atomic E-state index is -0.795. The number of piperazine rings is 1. The third kappa shape index (κ3) is 2.25. The smallest absolute Gasteiger partial charge is 0.322 e. The van der Waals surface area contributed by atoms with Crippen LogP contribution in [0.5, 0.6) is 0 Å². The first kappa shape index (κ1) is 11.2. The van der Waals surface area contributed by atoms with Crippen LogP contribution in [0.25, 0.3) is 0 Å². The van der Waals surface area contributed by atoms with Crippen molar-refractivity contribution in [2.45, 2.75) is 19.0 Å². The van der Waals surface area contributed by atoms with Gasteiger partial charge in [0.05, 0.1) is 12.3 Å². The van der Waals surface area contributed by atoms with E-state index in [-0.39, 0.29) is 6.04 Å². The number of nitrogens with one attached hydrogen (secondary N) is 1. The summed E-state index contributed by atoms with van der Waals surface area (Å²) >= 11 is 0. The Labute approximate surface area is 94.0 Å². The molecule has 0 amide bonds. The molecule has 2 heterocycles. The number of carboxylic acids is 1. The van der Waals surface area contributed by atoms with E-state index in [1.807, 2.05) is 19.1 Å². The maximum Gasteiger partial charge on any atom is 0.322 e. The topological polar surface area (TPSA) is 65.7 Å². The van der Waals surface area contributed by atoms with E-state index in [4.69, 9.17) is 9.52 Å². The summed E-state index contributed by atoms with van der Waals surface area (Å²) in [6, 6.07) is 3.41. The summed E-state index contributed by atoms with van der Waals surface area (Å²) in [7, 11) is 0. The molecule has 5 heteroatoms. The first-order chi connectivity index (χ1) is 7.68. The molecule has 1 saturated heterocycles. The molecule has 0 aliphatic carbocycles. The third-order valence-electron chi connectivity index (χ3n) is 3.01. The molecule has 1 aliphatic rings. The Balaban J connectivity index is 2.01. The van der Waals surface area contributed by atoms with Gasteiger partial charge in [-0.25, -0.2) is 0 Å². The highest BCUT2D eigenvalue weighted by molar-refractivity contribution is 5.73. The summed E-state index contributed by atoms with van der Waals surface area (Å²) < 4.78 is 5.33. The molecule has 0 spiro atoms. The van der Waals surface area contributed by atoms with Gasteiger partial charge in [0.2, 0.25) is 0 Å². The predicted octanol–water partition coefficient (Wildman–Crippen LogP) is 0.699. The number of aliphatic carboxylic acids is 1. The van der Waals surface area contributed by atoms with Gasteiger partial charge in [-0.3, -0.25) is 9.69 Å². The molecule has 2 N–H and O–H groups in total. The first-order valence-electron chi connectivity index (χ1n) is 5.42. The first-order valence-corrected chi connectivity index (χ1v) is 5.42. The van der Waals surface area contributed by atoms with Crippen LogP contribution in [0.2, 0.25) is 0 Å². The second kappa shape index (κ2) is 4.67. The molecule has 1 aromatic heterocycles. The lowest BCUT2D eigenvalue weighted by atomic mass is 10.1. The number of hydrogen-bond donors (Lipinski definition) is 2. The van der Waals surface area contributed by atoms with Crippen molar-refractivity contribution in [3.05, 3.63) is 24.2 Å². The molecule has 5 nitrogen and oxygen atoms in total. The van der Waals surface area contributed by atoms with Crippen LogP contribution in [-0.4, -0.2) is 41.7 Å². The van der Waals surface area contributed by atoms with Crippen molar-refractivity contribution in [2.24, 2.45) is 0 Å². The average Bonchev–Trinajstić information content (AvgIpc) is 2.81. The number of nitrogens with zero attached hydrogens (tertiary/aromatic N) is 1. The van der Waals surface area contributed by atoms with Crippen LogP contribution in [0.4, 0.5) is 0 Å². The summed E-state index contributed by atoms with van der Waals surface area (Å²) in [6.07, 6.45) is 1.64. The van der Waals surface area contributed by atoms with Gasteiger partial charge in [-0.15, -0.1) is 0 Å². The zero-order valence-electron chi connectivity index (χ0n) is 9.22. The second-order valence-electron chi connectivity index (χ2n) is 4.03. The SMILES string of the molecule is C[C@H](c1ccco1)N1CCN[C@H](C(=O)O)C1. The molecule has 1 aromatic rings. The molecule has 0 aromatic carbocycles. The number of hydrogen-bond acceptors (Lipinski definition) is 4. The lowest BCUT2D eigenvalue weighted by Crippen LogP contribution is -2.54. The van der Waals surface area contributed by atoms with Crippen LogP contribution in [0.3, 0.4) is 0 Å². The summed E-state index contributed by atoms with van der Waals surface area (Å²) in [5, 5.41) is 11.9. The molecular formula is C11H16N2O3. The van der Waals surface area contributed by atoms with Crippen LogP contribution in [0, 0.1) is 0 Å². The number of furan rings is 1. The largest absolute Gasteiger partial charge is 0.480 e. The molecule has 0 unspecified atom stereocenters. The normalized spacial score (nSPS) is 24.2. The van der Waals surface area contributed by atoms with Gasteiger partial charge in [-0.05, 0) is 19.1 Å². The van der Waals surface area contributed by atoms with Crippen molar-refractivity contribution in [3.63, 3.8) is 0 Å². The Morgan fingerprint density at radius 1 is 1.75 bits per heavy atom. The fraction of sp³-hybridized carbons (Fsp3) is 0.545. The van der Waals surface area contributed by atoms with E-state index in [0.29, 0.717) is 13.1 Å². The summed E-state index contributed by atoms with van der Waals surface area (Å²) in [5.74, 6) is 0.0855. The lowest BCUT2D eigenvalue weighted by Gasteiger charge is -2.34. The predicted molar refractivity (Wildman–Crippen MR) is 58.1 cm³/mol. The molecule has 1 fully saturated rings. The molecule has 0 bridgehead atoms. The van der Waals surface area contributed by atoms with Gasteiger partial charge in [0.1, 0.15) is 11.8 Å². The van der Waals surface area contributed by atoms with E-state index in [0.717, 1.165) is 12.3 Å².